The van der Waals surface area contributed by atoms with Crippen molar-refractivity contribution >= 4 is 5.91 Å². The fourth-order valence-electron chi connectivity index (χ4n) is 3.20. The molecule has 6 nitrogen and oxygen atoms in total. The standard InChI is InChI=1S/C19H20N4O2/c20-9-15-5-6-18(21-10-15)25-17-12-22-7-1-2-16(22)11-23(13-17)19(24)8-14-3-4-14/h1-2,5-7,10,14,17H,3-4,8,11-13H2/t17-/m1/s1. The minimum Gasteiger partial charge on any atom is -0.471 e. The van der Waals surface area contributed by atoms with E-state index in [-0.39, 0.29) is 12.0 Å². The highest BCUT2D eigenvalue weighted by molar-refractivity contribution is 5.76. The van der Waals surface area contributed by atoms with Crippen LogP contribution in [0.25, 0.3) is 0 Å². The Bertz CT molecular complexity index is 802. The van der Waals surface area contributed by atoms with Crippen LogP contribution in [-0.2, 0) is 17.9 Å². The first-order valence-electron chi connectivity index (χ1n) is 8.66. The Kier molecular flexibility index (Phi) is 4.14. The number of nitriles is 1. The highest BCUT2D eigenvalue weighted by Crippen LogP contribution is 2.33. The van der Waals surface area contributed by atoms with Crippen LogP contribution in [0.1, 0.15) is 30.5 Å². The fraction of sp³-hybridized carbons (Fsp3) is 0.421. The molecule has 0 radical (unpaired) electrons. The number of aromatic nitrogens is 2. The van der Waals surface area contributed by atoms with E-state index in [0.29, 0.717) is 43.4 Å². The van der Waals surface area contributed by atoms with Gasteiger partial charge in [-0.05, 0) is 37.0 Å². The van der Waals surface area contributed by atoms with Gasteiger partial charge in [-0.25, -0.2) is 4.98 Å². The van der Waals surface area contributed by atoms with Crippen molar-refractivity contribution in [2.45, 2.75) is 38.5 Å². The van der Waals surface area contributed by atoms with Crippen molar-refractivity contribution in [2.75, 3.05) is 6.54 Å². The lowest BCUT2D eigenvalue weighted by molar-refractivity contribution is -0.133. The number of amides is 1. The molecule has 2 aromatic rings. The van der Waals surface area contributed by atoms with Crippen LogP contribution in [0.3, 0.4) is 0 Å². The Hall–Kier alpha value is -2.81. The Labute approximate surface area is 146 Å². The van der Waals surface area contributed by atoms with E-state index in [4.69, 9.17) is 10.00 Å². The molecule has 0 saturated heterocycles. The van der Waals surface area contributed by atoms with Crippen LogP contribution >= 0.6 is 0 Å². The second-order valence-corrected chi connectivity index (χ2v) is 6.81. The lowest BCUT2D eigenvalue weighted by Gasteiger charge is -2.24. The normalized spacial score (nSPS) is 19.6. The highest BCUT2D eigenvalue weighted by atomic mass is 16.5. The van der Waals surface area contributed by atoms with E-state index in [9.17, 15) is 4.79 Å². The number of hydrogen-bond donors (Lipinski definition) is 0. The molecule has 128 valence electrons. The third-order valence-electron chi connectivity index (χ3n) is 4.77. The topological polar surface area (TPSA) is 71.2 Å². The number of rotatable bonds is 4. The third kappa shape index (κ3) is 3.66. The van der Waals surface area contributed by atoms with Gasteiger partial charge in [0.15, 0.2) is 0 Å². The van der Waals surface area contributed by atoms with Crippen LogP contribution in [0.4, 0.5) is 0 Å². The summed E-state index contributed by atoms with van der Waals surface area (Å²) in [5.74, 6) is 1.26. The van der Waals surface area contributed by atoms with Crippen LogP contribution < -0.4 is 4.74 Å². The lowest BCUT2D eigenvalue weighted by Crippen LogP contribution is -2.38. The van der Waals surface area contributed by atoms with Gasteiger partial charge in [0.1, 0.15) is 12.2 Å². The Balaban J connectivity index is 1.51. The average molecular weight is 336 g/mol. The van der Waals surface area contributed by atoms with Crippen molar-refractivity contribution in [3.05, 3.63) is 47.9 Å². The molecule has 0 aromatic carbocycles. The van der Waals surface area contributed by atoms with Crippen molar-refractivity contribution in [1.82, 2.24) is 14.5 Å². The summed E-state index contributed by atoms with van der Waals surface area (Å²) in [5.41, 5.74) is 1.63. The first-order chi connectivity index (χ1) is 12.2. The first-order valence-corrected chi connectivity index (χ1v) is 8.66. The number of fused-ring (bicyclic) bond motifs is 1. The van der Waals surface area contributed by atoms with Gasteiger partial charge >= 0.3 is 0 Å². The van der Waals surface area contributed by atoms with Gasteiger partial charge in [0.05, 0.1) is 25.2 Å². The monoisotopic (exact) mass is 336 g/mol. The average Bonchev–Trinajstić information content (AvgIpc) is 3.36. The van der Waals surface area contributed by atoms with E-state index >= 15 is 0 Å². The van der Waals surface area contributed by atoms with Crippen LogP contribution in [-0.4, -0.2) is 33.0 Å². The summed E-state index contributed by atoms with van der Waals surface area (Å²) in [7, 11) is 0. The molecule has 0 spiro atoms. The van der Waals surface area contributed by atoms with Gasteiger partial charge < -0.3 is 14.2 Å². The first kappa shape index (κ1) is 15.7. The summed E-state index contributed by atoms with van der Waals surface area (Å²) in [6.07, 6.45) is 6.34. The molecule has 2 aromatic heterocycles. The van der Waals surface area contributed by atoms with E-state index in [1.807, 2.05) is 23.2 Å². The van der Waals surface area contributed by atoms with E-state index in [1.54, 1.807) is 12.1 Å². The maximum atomic E-state index is 12.6. The second kappa shape index (κ2) is 6.60. The highest BCUT2D eigenvalue weighted by Gasteiger charge is 2.30. The van der Waals surface area contributed by atoms with Gasteiger partial charge in [0, 0.05) is 30.6 Å². The molecular weight excluding hydrogens is 316 g/mol. The molecule has 1 atom stereocenters. The molecule has 1 amide bonds. The second-order valence-electron chi connectivity index (χ2n) is 6.81. The molecule has 25 heavy (non-hydrogen) atoms. The van der Waals surface area contributed by atoms with Gasteiger partial charge in [-0.3, -0.25) is 4.79 Å². The molecule has 0 unspecified atom stereocenters. The zero-order chi connectivity index (χ0) is 17.2. The number of ether oxygens (including phenoxy) is 1. The Morgan fingerprint density at radius 1 is 1.32 bits per heavy atom. The molecule has 3 heterocycles. The van der Waals surface area contributed by atoms with E-state index in [2.05, 4.69) is 15.6 Å². The zero-order valence-corrected chi connectivity index (χ0v) is 14.0. The molecular formula is C19H20N4O2. The summed E-state index contributed by atoms with van der Waals surface area (Å²) in [6, 6.07) is 9.50. The maximum absolute atomic E-state index is 12.6. The fourth-order valence-corrected chi connectivity index (χ4v) is 3.20. The zero-order valence-electron chi connectivity index (χ0n) is 14.0. The minimum atomic E-state index is -0.169. The van der Waals surface area contributed by atoms with Gasteiger partial charge in [-0.2, -0.15) is 5.26 Å². The predicted molar refractivity (Wildman–Crippen MR) is 90.6 cm³/mol. The van der Waals surface area contributed by atoms with Gasteiger partial charge in [-0.1, -0.05) is 0 Å². The third-order valence-corrected chi connectivity index (χ3v) is 4.77. The number of nitrogens with zero attached hydrogens (tertiary/aromatic N) is 4. The number of pyridine rings is 1. The quantitative estimate of drug-likeness (QED) is 0.859. The van der Waals surface area contributed by atoms with Crippen molar-refractivity contribution in [2.24, 2.45) is 5.92 Å². The Morgan fingerprint density at radius 3 is 2.92 bits per heavy atom. The van der Waals surface area contributed by atoms with Crippen molar-refractivity contribution < 1.29 is 9.53 Å². The van der Waals surface area contributed by atoms with Crippen LogP contribution in [0.15, 0.2) is 36.7 Å². The summed E-state index contributed by atoms with van der Waals surface area (Å²) in [4.78, 5) is 18.7. The van der Waals surface area contributed by atoms with Crippen molar-refractivity contribution in [3.8, 4) is 11.9 Å². The number of carbonyl (C=O) groups excluding carboxylic acids is 1. The van der Waals surface area contributed by atoms with Crippen molar-refractivity contribution in [1.29, 1.82) is 5.26 Å². The van der Waals surface area contributed by atoms with Gasteiger partial charge in [0.25, 0.3) is 0 Å². The summed E-state index contributed by atoms with van der Waals surface area (Å²) in [6.45, 7) is 1.85. The molecule has 6 heteroatoms. The lowest BCUT2D eigenvalue weighted by atomic mass is 10.2. The van der Waals surface area contributed by atoms with Gasteiger partial charge in [0.2, 0.25) is 11.8 Å². The van der Waals surface area contributed by atoms with E-state index in [0.717, 1.165) is 5.69 Å². The molecule has 4 rings (SSSR count). The van der Waals surface area contributed by atoms with Crippen LogP contribution in [0.5, 0.6) is 5.88 Å². The molecule has 2 aliphatic rings. The number of carbonyl (C=O) groups is 1. The molecule has 0 bridgehead atoms. The largest absolute Gasteiger partial charge is 0.471 e. The van der Waals surface area contributed by atoms with E-state index in [1.165, 1.54) is 19.0 Å². The Morgan fingerprint density at radius 2 is 2.20 bits per heavy atom. The predicted octanol–water partition coefficient (Wildman–Crippen LogP) is 2.34. The van der Waals surface area contributed by atoms with E-state index < -0.39 is 0 Å². The minimum absolute atomic E-state index is 0.169. The van der Waals surface area contributed by atoms with Crippen molar-refractivity contribution in [3.63, 3.8) is 0 Å². The molecule has 1 fully saturated rings. The van der Waals surface area contributed by atoms with Gasteiger partial charge in [-0.15, -0.1) is 0 Å². The maximum Gasteiger partial charge on any atom is 0.223 e. The molecule has 1 aliphatic carbocycles. The number of hydrogen-bond acceptors (Lipinski definition) is 4. The summed E-state index contributed by atoms with van der Waals surface area (Å²) in [5, 5.41) is 8.87. The molecule has 1 aliphatic heterocycles. The molecule has 0 N–H and O–H groups in total. The molecule has 1 saturated carbocycles. The van der Waals surface area contributed by atoms with Crippen LogP contribution in [0, 0.1) is 17.2 Å². The summed E-state index contributed by atoms with van der Waals surface area (Å²) < 4.78 is 8.16. The summed E-state index contributed by atoms with van der Waals surface area (Å²) >= 11 is 0. The SMILES string of the molecule is N#Cc1ccc(O[C@H]2CN(C(=O)CC3CC3)Cc3cccn3C2)nc1. The van der Waals surface area contributed by atoms with Crippen LogP contribution in [0.2, 0.25) is 0 Å². The smallest absolute Gasteiger partial charge is 0.223 e.